The van der Waals surface area contributed by atoms with Gasteiger partial charge in [0.2, 0.25) is 0 Å². The summed E-state index contributed by atoms with van der Waals surface area (Å²) in [6.07, 6.45) is 7.44. The van der Waals surface area contributed by atoms with Gasteiger partial charge in [-0.05, 0) is 76.7 Å². The largest absolute Gasteiger partial charge is 0.506 e. The van der Waals surface area contributed by atoms with Crippen LogP contribution in [0.15, 0.2) is 138 Å². The molecule has 0 aliphatic carbocycles. The van der Waals surface area contributed by atoms with E-state index in [4.69, 9.17) is 9.40 Å². The summed E-state index contributed by atoms with van der Waals surface area (Å²) in [5.74, 6) is 0. The van der Waals surface area contributed by atoms with Crippen LogP contribution in [0.25, 0.3) is 77.4 Å². The van der Waals surface area contributed by atoms with Gasteiger partial charge in [0.05, 0.1) is 5.58 Å². The van der Waals surface area contributed by atoms with Crippen molar-refractivity contribution in [2.24, 2.45) is 0 Å². The third-order valence-corrected chi connectivity index (χ3v) is 9.83. The second kappa shape index (κ2) is 15.1. The van der Waals surface area contributed by atoms with Gasteiger partial charge < -0.3 is 9.40 Å². The van der Waals surface area contributed by atoms with Crippen molar-refractivity contribution in [2.75, 3.05) is 0 Å². The predicted molar refractivity (Wildman–Crippen MR) is 214 cm³/mol. The molecule has 0 bridgehead atoms. The fraction of sp³-hybridized carbons (Fsp3) is 0.104. The fourth-order valence-corrected chi connectivity index (χ4v) is 6.57. The second-order valence-electron chi connectivity index (χ2n) is 13.5. The molecule has 0 amide bonds. The molecule has 1 radical (unpaired) electrons. The number of hydrogen-bond acceptors (Lipinski definition) is 4. The van der Waals surface area contributed by atoms with Crippen LogP contribution in [0.3, 0.4) is 0 Å². The minimum atomic E-state index is 0. The average Bonchev–Trinajstić information content (AvgIpc) is 3.66. The predicted octanol–water partition coefficient (Wildman–Crippen LogP) is 12.4. The maximum Gasteiger partial charge on any atom is 0.0847 e. The molecule has 5 aromatic carbocycles. The summed E-state index contributed by atoms with van der Waals surface area (Å²) >= 11 is 0. The first-order chi connectivity index (χ1) is 25.3. The van der Waals surface area contributed by atoms with E-state index in [2.05, 4.69) is 141 Å². The molecule has 0 saturated carbocycles. The number of furan rings is 1. The molecule has 0 atom stereocenters. The van der Waals surface area contributed by atoms with Gasteiger partial charge in [-0.15, -0.1) is 41.0 Å². The monoisotopic (exact) mass is 864 g/mol. The van der Waals surface area contributed by atoms with Crippen molar-refractivity contribution in [1.82, 2.24) is 15.0 Å². The van der Waals surface area contributed by atoms with E-state index in [-0.39, 0.29) is 20.1 Å². The maximum atomic E-state index is 5.70. The van der Waals surface area contributed by atoms with Crippen LogP contribution in [0, 0.1) is 46.8 Å². The van der Waals surface area contributed by atoms with Crippen molar-refractivity contribution in [2.45, 2.75) is 34.6 Å². The first-order valence-corrected chi connectivity index (χ1v) is 17.5. The molecule has 0 spiro atoms. The van der Waals surface area contributed by atoms with E-state index in [9.17, 15) is 0 Å². The van der Waals surface area contributed by atoms with Gasteiger partial charge in [-0.2, -0.15) is 0 Å². The van der Waals surface area contributed by atoms with Gasteiger partial charge in [0.1, 0.15) is 0 Å². The molecule has 9 rings (SSSR count). The molecule has 0 unspecified atom stereocenters. The van der Waals surface area contributed by atoms with Gasteiger partial charge in [-0.25, -0.2) is 0 Å². The van der Waals surface area contributed by atoms with E-state index >= 15 is 0 Å². The van der Waals surface area contributed by atoms with Crippen LogP contribution in [0.4, 0.5) is 0 Å². The van der Waals surface area contributed by atoms with Crippen LogP contribution in [-0.2, 0) is 20.1 Å². The van der Waals surface area contributed by atoms with Crippen molar-refractivity contribution < 1.29 is 24.5 Å². The molecular formula is C48H37IrN3O-2. The maximum absolute atomic E-state index is 5.70. The Balaban J connectivity index is 0.000000216. The molecule has 4 heterocycles. The molecule has 0 aliphatic heterocycles. The van der Waals surface area contributed by atoms with Gasteiger partial charge >= 0.3 is 0 Å². The molecule has 0 fully saturated rings. The van der Waals surface area contributed by atoms with E-state index < -0.39 is 0 Å². The number of benzene rings is 5. The molecule has 4 aromatic heterocycles. The van der Waals surface area contributed by atoms with Crippen molar-refractivity contribution in [3.63, 3.8) is 0 Å². The van der Waals surface area contributed by atoms with Crippen molar-refractivity contribution in [3.8, 4) is 44.8 Å². The fourth-order valence-electron chi connectivity index (χ4n) is 6.57. The van der Waals surface area contributed by atoms with Crippen LogP contribution in [0.5, 0.6) is 0 Å². The van der Waals surface area contributed by atoms with Gasteiger partial charge in [0.15, 0.2) is 0 Å². The summed E-state index contributed by atoms with van der Waals surface area (Å²) in [6, 6.07) is 44.9. The van der Waals surface area contributed by atoms with Crippen LogP contribution in [-0.4, -0.2) is 15.0 Å². The van der Waals surface area contributed by atoms with Crippen molar-refractivity contribution in [1.29, 1.82) is 0 Å². The first-order valence-electron chi connectivity index (χ1n) is 17.5. The van der Waals surface area contributed by atoms with Gasteiger partial charge in [0.25, 0.3) is 0 Å². The summed E-state index contributed by atoms with van der Waals surface area (Å²) < 4.78 is 5.70. The number of nitrogens with zero attached hydrogens (tertiary/aromatic N) is 3. The van der Waals surface area contributed by atoms with Gasteiger partial charge in [-0.3, -0.25) is 9.97 Å². The third kappa shape index (κ3) is 7.19. The first kappa shape index (κ1) is 35.7. The number of pyridine rings is 3. The summed E-state index contributed by atoms with van der Waals surface area (Å²) in [5.41, 5.74) is 16.3. The molecule has 0 aliphatic rings. The Labute approximate surface area is 324 Å². The number of aryl methyl sites for hydroxylation is 5. The quantitative estimate of drug-likeness (QED) is 0.165. The topological polar surface area (TPSA) is 51.8 Å². The van der Waals surface area contributed by atoms with Crippen LogP contribution >= 0.6 is 0 Å². The summed E-state index contributed by atoms with van der Waals surface area (Å²) in [4.78, 5) is 14.0. The summed E-state index contributed by atoms with van der Waals surface area (Å²) in [5, 5.41) is 4.33. The Bertz CT molecular complexity index is 2680. The second-order valence-corrected chi connectivity index (χ2v) is 13.5. The molecule has 0 N–H and O–H groups in total. The van der Waals surface area contributed by atoms with Crippen molar-refractivity contribution in [3.05, 3.63) is 174 Å². The Morgan fingerprint density at radius 3 is 2.13 bits per heavy atom. The molecule has 9 aromatic rings. The molecule has 0 saturated heterocycles. The zero-order valence-electron chi connectivity index (χ0n) is 30.3. The van der Waals surface area contributed by atoms with E-state index in [0.29, 0.717) is 0 Å². The Hall–Kier alpha value is -5.74. The average molecular weight is 864 g/mol. The molecular weight excluding hydrogens is 827 g/mol. The number of aromatic nitrogens is 3. The standard InChI is InChI=1S/C33H21N2O.C15H16N.Ir/c1-21-16-30-29(18-25-14-15-36-33(25)32(30)35-19-21)31-13-11-26(20-34-31)27-9-5-8-24-17-23(10-12-28(24)27)22-6-3-2-4-7-22;1-10-5-6-14(7-11(10)2)15-8-12(3)13(4)9-16-15;/h2-17,19-20H,1H3;5,7-9H,1-4H3;/q2*-1;. The van der Waals surface area contributed by atoms with Crippen LogP contribution < -0.4 is 0 Å². The summed E-state index contributed by atoms with van der Waals surface area (Å²) in [6.45, 7) is 10.5. The van der Waals surface area contributed by atoms with Gasteiger partial charge in [-0.1, -0.05) is 127 Å². The van der Waals surface area contributed by atoms with Crippen molar-refractivity contribution >= 4 is 32.6 Å². The van der Waals surface area contributed by atoms with E-state index in [1.165, 1.54) is 49.7 Å². The SMILES string of the molecule is Cc1c[c-]c(-c2cc(C)c(C)cn2)cc1C.Cc1cnc2c(c1)c(-c1ccc(-c3cccc4cc(-c5ccccc5)ccc34)cn1)[c-]c1ccoc12.[Ir]. The van der Waals surface area contributed by atoms with E-state index in [0.717, 1.165) is 55.5 Å². The molecule has 5 heteroatoms. The minimum absolute atomic E-state index is 0. The van der Waals surface area contributed by atoms with Crippen LogP contribution in [0.1, 0.15) is 27.8 Å². The van der Waals surface area contributed by atoms with Gasteiger partial charge in [0, 0.05) is 56.2 Å². The molecule has 53 heavy (non-hydrogen) atoms. The molecule has 261 valence electrons. The van der Waals surface area contributed by atoms with Crippen LogP contribution in [0.2, 0.25) is 0 Å². The Morgan fingerprint density at radius 1 is 0.566 bits per heavy atom. The zero-order chi connectivity index (χ0) is 35.8. The normalized spacial score (nSPS) is 11.0. The summed E-state index contributed by atoms with van der Waals surface area (Å²) in [7, 11) is 0. The number of fused-ring (bicyclic) bond motifs is 4. The molecule has 4 nitrogen and oxygen atoms in total. The number of rotatable bonds is 4. The van der Waals surface area contributed by atoms with E-state index in [1.54, 1.807) is 6.26 Å². The smallest absolute Gasteiger partial charge is 0.0847 e. The zero-order valence-corrected chi connectivity index (χ0v) is 32.7. The minimum Gasteiger partial charge on any atom is -0.506 e. The Morgan fingerprint density at radius 2 is 1.36 bits per heavy atom. The third-order valence-electron chi connectivity index (χ3n) is 9.83. The number of hydrogen-bond donors (Lipinski definition) is 0. The van der Waals surface area contributed by atoms with E-state index in [1.807, 2.05) is 43.7 Å². The Kier molecular flexibility index (Phi) is 10.1.